The van der Waals surface area contributed by atoms with Crippen LogP contribution in [0.3, 0.4) is 0 Å². The van der Waals surface area contributed by atoms with E-state index >= 15 is 0 Å². The Labute approximate surface area is 82.3 Å². The minimum atomic E-state index is -0.496. The smallest absolute Gasteiger partial charge is 0.168 e. The van der Waals surface area contributed by atoms with Gasteiger partial charge in [-0.25, -0.2) is 4.39 Å². The summed E-state index contributed by atoms with van der Waals surface area (Å²) in [6.07, 6.45) is 3.62. The molecule has 1 aromatic carbocycles. The van der Waals surface area contributed by atoms with Crippen LogP contribution in [0, 0.1) is 11.7 Å². The first-order valence-corrected chi connectivity index (χ1v) is 4.87. The number of hydrogen-bond donors (Lipinski definition) is 1. The van der Waals surface area contributed by atoms with Crippen molar-refractivity contribution in [3.05, 3.63) is 24.0 Å². The van der Waals surface area contributed by atoms with E-state index in [1.165, 1.54) is 31.4 Å². The topological polar surface area (TPSA) is 29.5 Å². The molecule has 0 aromatic heterocycles. The molecule has 2 nitrogen and oxygen atoms in total. The van der Waals surface area contributed by atoms with Crippen LogP contribution in [0.15, 0.2) is 18.2 Å². The maximum absolute atomic E-state index is 13.1. The van der Waals surface area contributed by atoms with Crippen molar-refractivity contribution in [3.63, 3.8) is 0 Å². The molecule has 0 aliphatic heterocycles. The van der Waals surface area contributed by atoms with Gasteiger partial charge in [-0.3, -0.25) is 0 Å². The van der Waals surface area contributed by atoms with Gasteiger partial charge in [-0.15, -0.1) is 0 Å². The minimum Gasteiger partial charge on any atom is -0.508 e. The molecule has 2 rings (SSSR count). The first kappa shape index (κ1) is 9.31. The van der Waals surface area contributed by atoms with Gasteiger partial charge in [-0.2, -0.15) is 0 Å². The second kappa shape index (κ2) is 3.86. The average Bonchev–Trinajstić information content (AvgIpc) is 2.05. The Morgan fingerprint density at radius 3 is 2.79 bits per heavy atom. The summed E-state index contributed by atoms with van der Waals surface area (Å²) in [7, 11) is 0. The molecule has 1 aromatic rings. The molecule has 0 heterocycles. The lowest BCUT2D eigenvalue weighted by Crippen LogP contribution is -2.19. The number of aromatic hydroxyl groups is 1. The van der Waals surface area contributed by atoms with Gasteiger partial charge in [0.05, 0.1) is 6.61 Å². The van der Waals surface area contributed by atoms with Crippen molar-refractivity contribution in [2.24, 2.45) is 5.92 Å². The number of halogens is 1. The highest BCUT2D eigenvalue weighted by Crippen LogP contribution is 2.28. The van der Waals surface area contributed by atoms with Crippen molar-refractivity contribution in [1.82, 2.24) is 0 Å². The van der Waals surface area contributed by atoms with E-state index in [0.29, 0.717) is 12.5 Å². The molecular weight excluding hydrogens is 183 g/mol. The SMILES string of the molecule is Oc1ccc(OCC2CCC2)c(F)c1. The first-order chi connectivity index (χ1) is 6.75. The molecule has 0 amide bonds. The molecule has 14 heavy (non-hydrogen) atoms. The summed E-state index contributed by atoms with van der Waals surface area (Å²) in [4.78, 5) is 0. The van der Waals surface area contributed by atoms with Crippen LogP contribution in [0.5, 0.6) is 11.5 Å². The van der Waals surface area contributed by atoms with Crippen LogP contribution in [0.2, 0.25) is 0 Å². The monoisotopic (exact) mass is 196 g/mol. The number of ether oxygens (including phenoxy) is 1. The molecule has 3 heteroatoms. The molecule has 0 bridgehead atoms. The molecule has 0 saturated heterocycles. The Bertz CT molecular complexity index is 321. The Hall–Kier alpha value is -1.25. The van der Waals surface area contributed by atoms with Gasteiger partial charge in [-0.1, -0.05) is 6.42 Å². The molecule has 1 N–H and O–H groups in total. The quantitative estimate of drug-likeness (QED) is 0.805. The van der Waals surface area contributed by atoms with Crippen molar-refractivity contribution < 1.29 is 14.2 Å². The van der Waals surface area contributed by atoms with Gasteiger partial charge in [0.25, 0.3) is 0 Å². The third-order valence-electron chi connectivity index (χ3n) is 2.61. The molecule has 0 unspecified atom stereocenters. The highest BCUT2D eigenvalue weighted by molar-refractivity contribution is 5.32. The highest BCUT2D eigenvalue weighted by atomic mass is 19.1. The largest absolute Gasteiger partial charge is 0.508 e. The van der Waals surface area contributed by atoms with Gasteiger partial charge in [0.1, 0.15) is 5.75 Å². The molecule has 0 atom stereocenters. The summed E-state index contributed by atoms with van der Waals surface area (Å²) in [5, 5.41) is 8.98. The van der Waals surface area contributed by atoms with Gasteiger partial charge in [0.2, 0.25) is 0 Å². The maximum atomic E-state index is 13.1. The zero-order valence-corrected chi connectivity index (χ0v) is 7.87. The van der Waals surface area contributed by atoms with Gasteiger partial charge in [0.15, 0.2) is 11.6 Å². The van der Waals surface area contributed by atoms with E-state index < -0.39 is 5.82 Å². The van der Waals surface area contributed by atoms with E-state index in [-0.39, 0.29) is 11.5 Å². The molecule has 0 radical (unpaired) electrons. The molecule has 1 fully saturated rings. The Morgan fingerprint density at radius 1 is 1.43 bits per heavy atom. The Kier molecular flexibility index (Phi) is 2.57. The molecule has 1 aliphatic carbocycles. The molecule has 1 saturated carbocycles. The van der Waals surface area contributed by atoms with Crippen LogP contribution < -0.4 is 4.74 Å². The number of benzene rings is 1. The lowest BCUT2D eigenvalue weighted by molar-refractivity contribution is 0.175. The van der Waals surface area contributed by atoms with Crippen LogP contribution in [0.25, 0.3) is 0 Å². The molecule has 0 spiro atoms. The van der Waals surface area contributed by atoms with Crippen LogP contribution in [-0.4, -0.2) is 11.7 Å². The number of rotatable bonds is 3. The van der Waals surface area contributed by atoms with Crippen molar-refractivity contribution in [3.8, 4) is 11.5 Å². The maximum Gasteiger partial charge on any atom is 0.168 e. The number of phenolic OH excluding ortho intramolecular Hbond substituents is 1. The van der Waals surface area contributed by atoms with Crippen LogP contribution in [-0.2, 0) is 0 Å². The van der Waals surface area contributed by atoms with Gasteiger partial charge in [-0.05, 0) is 30.9 Å². The van der Waals surface area contributed by atoms with Crippen molar-refractivity contribution >= 4 is 0 Å². The van der Waals surface area contributed by atoms with Crippen molar-refractivity contribution in [2.45, 2.75) is 19.3 Å². The normalized spacial score (nSPS) is 16.4. The molecular formula is C11H13FO2. The lowest BCUT2D eigenvalue weighted by Gasteiger charge is -2.25. The second-order valence-corrected chi connectivity index (χ2v) is 3.72. The van der Waals surface area contributed by atoms with Gasteiger partial charge < -0.3 is 9.84 Å². The zero-order chi connectivity index (χ0) is 9.97. The van der Waals surface area contributed by atoms with Crippen molar-refractivity contribution in [1.29, 1.82) is 0 Å². The van der Waals surface area contributed by atoms with E-state index in [4.69, 9.17) is 9.84 Å². The predicted molar refractivity (Wildman–Crippen MR) is 50.9 cm³/mol. The summed E-state index contributed by atoms with van der Waals surface area (Å²) in [5.41, 5.74) is 0. The standard InChI is InChI=1S/C11H13FO2/c12-10-6-9(13)4-5-11(10)14-7-8-2-1-3-8/h4-6,8,13H,1-3,7H2. The number of hydrogen-bond acceptors (Lipinski definition) is 2. The average molecular weight is 196 g/mol. The highest BCUT2D eigenvalue weighted by Gasteiger charge is 2.18. The van der Waals surface area contributed by atoms with Crippen LogP contribution in [0.4, 0.5) is 4.39 Å². The third kappa shape index (κ3) is 1.97. The summed E-state index contributed by atoms with van der Waals surface area (Å²) in [6, 6.07) is 3.96. The summed E-state index contributed by atoms with van der Waals surface area (Å²) < 4.78 is 18.4. The first-order valence-electron chi connectivity index (χ1n) is 4.87. The van der Waals surface area contributed by atoms with E-state index in [9.17, 15) is 4.39 Å². The summed E-state index contributed by atoms with van der Waals surface area (Å²) >= 11 is 0. The van der Waals surface area contributed by atoms with Crippen LogP contribution >= 0.6 is 0 Å². The van der Waals surface area contributed by atoms with Gasteiger partial charge >= 0.3 is 0 Å². The second-order valence-electron chi connectivity index (χ2n) is 3.72. The summed E-state index contributed by atoms with van der Waals surface area (Å²) in [5.74, 6) is 0.251. The third-order valence-corrected chi connectivity index (χ3v) is 2.61. The van der Waals surface area contributed by atoms with E-state index in [2.05, 4.69) is 0 Å². The zero-order valence-electron chi connectivity index (χ0n) is 7.87. The fourth-order valence-electron chi connectivity index (χ4n) is 1.47. The predicted octanol–water partition coefficient (Wildman–Crippen LogP) is 2.71. The lowest BCUT2D eigenvalue weighted by atomic mass is 9.86. The van der Waals surface area contributed by atoms with E-state index in [0.717, 1.165) is 6.07 Å². The molecule has 76 valence electrons. The van der Waals surface area contributed by atoms with Crippen LogP contribution in [0.1, 0.15) is 19.3 Å². The van der Waals surface area contributed by atoms with E-state index in [1.54, 1.807) is 0 Å². The summed E-state index contributed by atoms with van der Waals surface area (Å²) in [6.45, 7) is 0.585. The fraction of sp³-hybridized carbons (Fsp3) is 0.455. The van der Waals surface area contributed by atoms with E-state index in [1.807, 2.05) is 0 Å². The Balaban J connectivity index is 1.94. The number of phenols is 1. The Morgan fingerprint density at radius 2 is 2.21 bits per heavy atom. The minimum absolute atomic E-state index is 0.0708. The van der Waals surface area contributed by atoms with Gasteiger partial charge in [0, 0.05) is 6.07 Å². The molecule has 1 aliphatic rings. The fourth-order valence-corrected chi connectivity index (χ4v) is 1.47. The van der Waals surface area contributed by atoms with Crippen molar-refractivity contribution in [2.75, 3.05) is 6.61 Å².